The monoisotopic (exact) mass is 380 g/mol. The summed E-state index contributed by atoms with van der Waals surface area (Å²) >= 11 is 0. The first-order valence-corrected chi connectivity index (χ1v) is 6.14. The number of rotatable bonds is 0. The first kappa shape index (κ1) is 49.8. The van der Waals surface area contributed by atoms with Crippen LogP contribution in [0, 0.1) is 0 Å². The van der Waals surface area contributed by atoms with E-state index in [1.807, 2.05) is 0 Å². The van der Waals surface area contributed by atoms with Gasteiger partial charge in [-0.15, -0.1) is 0 Å². The molecule has 0 unspecified atom stereocenters. The molecule has 0 fully saturated rings. The second-order valence-electron chi connectivity index (χ2n) is 1.90. The Balaban J connectivity index is -0.0000000141. The summed E-state index contributed by atoms with van der Waals surface area (Å²) < 4.78 is 0. The fraction of sp³-hybridized carbons (Fsp3) is 1.00. The van der Waals surface area contributed by atoms with Gasteiger partial charge in [0, 0.05) is 74.4 Å². The molecule has 6 nitrogen and oxygen atoms in total. The van der Waals surface area contributed by atoms with Crippen molar-refractivity contribution < 1.29 is 65.4 Å². The van der Waals surface area contributed by atoms with Crippen LogP contribution in [0.2, 0.25) is 0 Å². The van der Waals surface area contributed by atoms with E-state index in [1.54, 1.807) is 41.5 Å². The van der Waals surface area contributed by atoms with Crippen LogP contribution >= 0.6 is 0 Å². The zero-order chi connectivity index (χ0) is 16.2. The normalized spacial score (nSPS) is 5.40. The fourth-order valence-electron chi connectivity index (χ4n) is 0. The minimum Gasteiger partial charge on any atom is -0.397 e. The van der Waals surface area contributed by atoms with Gasteiger partial charge in [0.1, 0.15) is 0 Å². The molecule has 0 heterocycles. The Morgan fingerprint density at radius 3 is 0.350 bits per heavy atom. The van der Waals surface area contributed by atoms with Crippen LogP contribution in [0.15, 0.2) is 0 Å². The molecule has 0 amide bonds. The first-order valence-electron chi connectivity index (χ1n) is 6.14. The van der Waals surface area contributed by atoms with Crippen molar-refractivity contribution in [3.05, 3.63) is 0 Å². The van der Waals surface area contributed by atoms with Crippen molar-refractivity contribution in [2.45, 2.75) is 41.5 Å². The molecule has 0 aromatic rings. The minimum absolute atomic E-state index is 0. The molecule has 0 spiro atoms. The smallest absolute Gasteiger partial charge is 0.0402 e. The molecule has 0 bridgehead atoms. The van der Waals surface area contributed by atoms with E-state index in [9.17, 15) is 0 Å². The second kappa shape index (κ2) is 151. The third-order valence-electron chi connectivity index (χ3n) is 0. The van der Waals surface area contributed by atoms with E-state index in [2.05, 4.69) is 0 Å². The summed E-state index contributed by atoms with van der Waals surface area (Å²) in [5.41, 5.74) is 0. The maximum absolute atomic E-state index is 7.57. The van der Waals surface area contributed by atoms with Crippen LogP contribution in [-0.2, 0) is 34.7 Å². The number of hydrogen-bond acceptors (Lipinski definition) is 6. The van der Waals surface area contributed by atoms with E-state index in [0.717, 1.165) is 0 Å². The van der Waals surface area contributed by atoms with Crippen LogP contribution in [-0.4, -0.2) is 70.3 Å². The summed E-state index contributed by atoms with van der Waals surface area (Å²) in [5, 5.41) is 45.4. The van der Waals surface area contributed by atoms with Crippen molar-refractivity contribution >= 4 is 0 Å². The van der Waals surface area contributed by atoms with Crippen molar-refractivity contribution in [1.29, 1.82) is 0 Å². The number of hydrogen-bond donors (Lipinski definition) is 6. The van der Waals surface area contributed by atoms with Gasteiger partial charge in [-0.05, 0) is 41.5 Å². The zero-order valence-electron chi connectivity index (χ0n) is 13.7. The molecule has 8 heteroatoms. The molecule has 20 heavy (non-hydrogen) atoms. The van der Waals surface area contributed by atoms with Crippen LogP contribution < -0.4 is 0 Å². The van der Waals surface area contributed by atoms with Crippen LogP contribution in [0.5, 0.6) is 0 Å². The predicted octanol–water partition coefficient (Wildman–Crippen LogP) is -0.0134. The molecule has 0 atom stereocenters. The van der Waals surface area contributed by atoms with Crippen molar-refractivity contribution in [3.63, 3.8) is 0 Å². The van der Waals surface area contributed by atoms with E-state index in [0.29, 0.717) is 0 Å². The van der Waals surface area contributed by atoms with Gasteiger partial charge in [0.05, 0.1) is 0 Å². The zero-order valence-corrected chi connectivity index (χ0v) is 16.3. The molecular formula is C12H36Cr2O6. The molecule has 0 aliphatic heterocycles. The van der Waals surface area contributed by atoms with E-state index in [1.165, 1.54) is 0 Å². The third kappa shape index (κ3) is 8790. The second-order valence-corrected chi connectivity index (χ2v) is 1.90. The van der Waals surface area contributed by atoms with E-state index < -0.39 is 0 Å². The molecule has 0 aromatic carbocycles. The van der Waals surface area contributed by atoms with E-state index in [4.69, 9.17) is 30.6 Å². The largest absolute Gasteiger partial charge is 0.397 e. The molecule has 0 saturated carbocycles. The van der Waals surface area contributed by atoms with Crippen LogP contribution in [0.3, 0.4) is 0 Å². The fourth-order valence-corrected chi connectivity index (χ4v) is 0. The van der Waals surface area contributed by atoms with Gasteiger partial charge in [-0.2, -0.15) is 0 Å². The Hall–Kier alpha value is 0.825. The number of aliphatic hydroxyl groups is 6. The van der Waals surface area contributed by atoms with Crippen molar-refractivity contribution in [3.8, 4) is 0 Å². The molecule has 0 saturated heterocycles. The Kier molecular flexibility index (Phi) is 375. The summed E-state index contributed by atoms with van der Waals surface area (Å²) in [6.45, 7) is 11.6. The van der Waals surface area contributed by atoms with Crippen molar-refractivity contribution in [1.82, 2.24) is 0 Å². The molecule has 0 rings (SSSR count). The summed E-state index contributed by atoms with van der Waals surface area (Å²) in [6, 6.07) is 0. The quantitative estimate of drug-likeness (QED) is 0.352. The van der Waals surface area contributed by atoms with Crippen molar-refractivity contribution in [2.24, 2.45) is 0 Å². The van der Waals surface area contributed by atoms with Gasteiger partial charge < -0.3 is 30.6 Å². The molecule has 0 aromatic heterocycles. The van der Waals surface area contributed by atoms with Crippen molar-refractivity contribution in [2.75, 3.05) is 39.6 Å². The summed E-state index contributed by atoms with van der Waals surface area (Å²) in [7, 11) is 0. The Bertz CT molecular complexity index is 41.4. The van der Waals surface area contributed by atoms with Gasteiger partial charge in [0.2, 0.25) is 0 Å². The molecule has 0 radical (unpaired) electrons. The molecule has 132 valence electrons. The van der Waals surface area contributed by atoms with Gasteiger partial charge in [-0.1, -0.05) is 0 Å². The Morgan fingerprint density at radius 2 is 0.350 bits per heavy atom. The maximum atomic E-state index is 7.57. The summed E-state index contributed by atoms with van der Waals surface area (Å²) in [4.78, 5) is 0. The third-order valence-corrected chi connectivity index (χ3v) is 0. The predicted molar refractivity (Wildman–Crippen MR) is 76.6 cm³/mol. The first-order chi connectivity index (χ1) is 8.49. The maximum Gasteiger partial charge on any atom is 0.0402 e. The number of aliphatic hydroxyl groups excluding tert-OH is 6. The summed E-state index contributed by atoms with van der Waals surface area (Å²) in [6.07, 6.45) is 0. The molecular weight excluding hydrogens is 344 g/mol. The molecule has 0 aliphatic rings. The standard InChI is InChI=1S/6C2H6O.2Cr/c6*1-2-3;;/h6*3H,2H2,1H3;;. The summed E-state index contributed by atoms with van der Waals surface area (Å²) in [5.74, 6) is 0. The SMILES string of the molecule is CCO.CCO.CCO.CCO.CCO.CCO.[Cr].[Cr]. The van der Waals surface area contributed by atoms with Crippen LogP contribution in [0.25, 0.3) is 0 Å². The van der Waals surface area contributed by atoms with E-state index in [-0.39, 0.29) is 74.4 Å². The van der Waals surface area contributed by atoms with Gasteiger partial charge in [-0.3, -0.25) is 0 Å². The Morgan fingerprint density at radius 1 is 0.350 bits per heavy atom. The average Bonchev–Trinajstić information content (AvgIpc) is 2.23. The topological polar surface area (TPSA) is 121 Å². The van der Waals surface area contributed by atoms with Crippen LogP contribution in [0.1, 0.15) is 41.5 Å². The van der Waals surface area contributed by atoms with Crippen LogP contribution in [0.4, 0.5) is 0 Å². The van der Waals surface area contributed by atoms with Gasteiger partial charge in [-0.25, -0.2) is 0 Å². The van der Waals surface area contributed by atoms with Gasteiger partial charge in [0.15, 0.2) is 0 Å². The van der Waals surface area contributed by atoms with Gasteiger partial charge in [0.25, 0.3) is 0 Å². The molecule has 0 aliphatic carbocycles. The molecule has 6 N–H and O–H groups in total. The minimum atomic E-state index is 0. The Labute approximate surface area is 146 Å². The average molecular weight is 380 g/mol. The van der Waals surface area contributed by atoms with E-state index >= 15 is 0 Å². The van der Waals surface area contributed by atoms with Gasteiger partial charge >= 0.3 is 0 Å².